The number of nitriles is 1. The van der Waals surface area contributed by atoms with Crippen molar-refractivity contribution < 1.29 is 0 Å². The number of nitrogens with one attached hydrogen (secondary N) is 2. The van der Waals surface area contributed by atoms with Gasteiger partial charge in [0, 0.05) is 24.2 Å². The van der Waals surface area contributed by atoms with Gasteiger partial charge in [0.1, 0.15) is 10.6 Å². The molecule has 0 bridgehead atoms. The van der Waals surface area contributed by atoms with E-state index in [0.717, 1.165) is 23.7 Å². The quantitative estimate of drug-likeness (QED) is 0.645. The van der Waals surface area contributed by atoms with Gasteiger partial charge in [-0.3, -0.25) is 4.79 Å². The highest BCUT2D eigenvalue weighted by Gasteiger charge is 2.43. The van der Waals surface area contributed by atoms with Crippen LogP contribution in [-0.4, -0.2) is 20.1 Å². The van der Waals surface area contributed by atoms with Crippen LogP contribution in [0.2, 0.25) is 10.3 Å². The molecule has 2 N–H and O–H groups in total. The van der Waals surface area contributed by atoms with Crippen molar-refractivity contribution in [1.82, 2.24) is 14.5 Å². The Morgan fingerprint density at radius 3 is 2.78 bits per heavy atom. The Kier molecular flexibility index (Phi) is 4.17. The number of aromatic nitrogens is 3. The molecule has 136 valence electrons. The molecule has 3 aromatic rings. The van der Waals surface area contributed by atoms with Crippen LogP contribution in [0.15, 0.2) is 35.3 Å². The minimum absolute atomic E-state index is 0.0807. The number of pyridine rings is 1. The molecule has 2 heterocycles. The molecule has 1 aromatic carbocycles. The number of benzene rings is 1. The van der Waals surface area contributed by atoms with Crippen LogP contribution in [-0.2, 0) is 7.05 Å². The number of rotatable bonds is 4. The van der Waals surface area contributed by atoms with Crippen LogP contribution in [0.1, 0.15) is 12.8 Å². The van der Waals surface area contributed by atoms with Crippen molar-refractivity contribution in [3.63, 3.8) is 0 Å². The van der Waals surface area contributed by atoms with Crippen LogP contribution >= 0.6 is 23.2 Å². The van der Waals surface area contributed by atoms with E-state index in [2.05, 4.69) is 26.7 Å². The zero-order chi connectivity index (χ0) is 19.2. The maximum Gasteiger partial charge on any atom is 0.252 e. The Bertz CT molecular complexity index is 1160. The molecule has 0 aliphatic heterocycles. The Labute approximate surface area is 164 Å². The lowest BCUT2D eigenvalue weighted by atomic mass is 10.1. The number of fused-ring (bicyclic) bond motifs is 1. The van der Waals surface area contributed by atoms with Gasteiger partial charge in [-0.1, -0.05) is 11.6 Å². The summed E-state index contributed by atoms with van der Waals surface area (Å²) in [4.78, 5) is 20.2. The van der Waals surface area contributed by atoms with Crippen LogP contribution in [0.5, 0.6) is 0 Å². The Morgan fingerprint density at radius 1 is 1.30 bits per heavy atom. The average molecular weight is 401 g/mol. The maximum atomic E-state index is 12.3. The van der Waals surface area contributed by atoms with Gasteiger partial charge in [0.25, 0.3) is 5.56 Å². The molecule has 2 aromatic heterocycles. The lowest BCUT2D eigenvalue weighted by Gasteiger charge is -2.16. The molecule has 9 heteroatoms. The van der Waals surface area contributed by atoms with Gasteiger partial charge in [-0.05, 0) is 42.6 Å². The van der Waals surface area contributed by atoms with Crippen molar-refractivity contribution in [2.45, 2.75) is 18.4 Å². The summed E-state index contributed by atoms with van der Waals surface area (Å²) in [7, 11) is 1.71. The fourth-order valence-corrected chi connectivity index (χ4v) is 3.13. The summed E-state index contributed by atoms with van der Waals surface area (Å²) in [6.45, 7) is 0. The molecule has 0 amide bonds. The van der Waals surface area contributed by atoms with E-state index in [1.165, 1.54) is 12.3 Å². The van der Waals surface area contributed by atoms with Gasteiger partial charge in [-0.25, -0.2) is 4.98 Å². The predicted molar refractivity (Wildman–Crippen MR) is 106 cm³/mol. The second-order valence-electron chi connectivity index (χ2n) is 6.47. The van der Waals surface area contributed by atoms with Crippen LogP contribution in [0.3, 0.4) is 0 Å². The van der Waals surface area contributed by atoms with Crippen LogP contribution < -0.4 is 16.2 Å². The van der Waals surface area contributed by atoms with Crippen molar-refractivity contribution >= 4 is 51.3 Å². The van der Waals surface area contributed by atoms with E-state index in [-0.39, 0.29) is 10.8 Å². The molecule has 0 spiro atoms. The van der Waals surface area contributed by atoms with Crippen LogP contribution in [0.25, 0.3) is 10.9 Å². The lowest BCUT2D eigenvalue weighted by molar-refractivity contribution is 0.898. The molecule has 1 aliphatic carbocycles. The summed E-state index contributed by atoms with van der Waals surface area (Å²) in [5.41, 5.74) is 1.35. The first-order valence-corrected chi connectivity index (χ1v) is 8.95. The fraction of sp³-hybridized carbons (Fsp3) is 0.222. The number of hydrogen-bond acceptors (Lipinski definition) is 6. The molecular formula is C18H14Cl2N6O. The zero-order valence-corrected chi connectivity index (χ0v) is 15.8. The summed E-state index contributed by atoms with van der Waals surface area (Å²) in [6.07, 6.45) is 2.93. The zero-order valence-electron chi connectivity index (χ0n) is 14.3. The third-order valence-corrected chi connectivity index (χ3v) is 5.02. The first-order chi connectivity index (χ1) is 12.9. The van der Waals surface area contributed by atoms with Gasteiger partial charge in [0.15, 0.2) is 5.82 Å². The molecule has 4 rings (SSSR count). The molecule has 1 aliphatic rings. The standard InChI is InChI=1S/C18H14Cl2N6O/c1-26-14-3-2-10(23-16-12(19)8-22-17(20)24-16)6-11(14)13(7-15(26)27)25-18(9-21)4-5-18/h2-3,6-8,25H,4-5H2,1H3,(H,22,23,24). The highest BCUT2D eigenvalue weighted by molar-refractivity contribution is 6.33. The van der Waals surface area contributed by atoms with Crippen LogP contribution in [0, 0.1) is 11.3 Å². The molecular weight excluding hydrogens is 387 g/mol. The van der Waals surface area contributed by atoms with E-state index in [4.69, 9.17) is 23.2 Å². The van der Waals surface area contributed by atoms with Crippen LogP contribution in [0.4, 0.5) is 17.2 Å². The second-order valence-corrected chi connectivity index (χ2v) is 7.21. The molecule has 1 fully saturated rings. The van der Waals surface area contributed by atoms with Crippen molar-refractivity contribution in [2.75, 3.05) is 10.6 Å². The van der Waals surface area contributed by atoms with Crippen molar-refractivity contribution in [3.05, 3.63) is 51.1 Å². The molecule has 0 unspecified atom stereocenters. The minimum Gasteiger partial charge on any atom is -0.367 e. The first-order valence-electron chi connectivity index (χ1n) is 8.19. The van der Waals surface area contributed by atoms with Gasteiger partial charge >= 0.3 is 0 Å². The van der Waals surface area contributed by atoms with E-state index < -0.39 is 5.54 Å². The number of halogens is 2. The van der Waals surface area contributed by atoms with E-state index in [1.54, 1.807) is 11.6 Å². The van der Waals surface area contributed by atoms with Gasteiger partial charge in [0.2, 0.25) is 5.28 Å². The van der Waals surface area contributed by atoms with Crippen molar-refractivity contribution in [1.29, 1.82) is 5.26 Å². The van der Waals surface area contributed by atoms with Gasteiger partial charge in [-0.15, -0.1) is 0 Å². The van der Waals surface area contributed by atoms with Crippen molar-refractivity contribution in [3.8, 4) is 6.07 Å². The Hall–Kier alpha value is -2.82. The molecule has 0 atom stereocenters. The molecule has 0 radical (unpaired) electrons. The summed E-state index contributed by atoms with van der Waals surface area (Å²) < 4.78 is 1.56. The normalized spacial score (nSPS) is 14.6. The lowest BCUT2D eigenvalue weighted by Crippen LogP contribution is -2.23. The third kappa shape index (κ3) is 3.29. The predicted octanol–water partition coefficient (Wildman–Crippen LogP) is 3.85. The molecule has 0 saturated heterocycles. The second kappa shape index (κ2) is 6.41. The Balaban J connectivity index is 1.80. The summed E-state index contributed by atoms with van der Waals surface area (Å²) in [5, 5.41) is 16.9. The Morgan fingerprint density at radius 2 is 2.07 bits per heavy atom. The van der Waals surface area contributed by atoms with Crippen molar-refractivity contribution in [2.24, 2.45) is 7.05 Å². The third-order valence-electron chi connectivity index (χ3n) is 4.56. The molecule has 27 heavy (non-hydrogen) atoms. The topological polar surface area (TPSA) is 95.6 Å². The SMILES string of the molecule is Cn1c(=O)cc(NC2(C#N)CC2)c2cc(Nc3nc(Cl)ncc3Cl)ccc21. The van der Waals surface area contributed by atoms with E-state index in [0.29, 0.717) is 22.2 Å². The summed E-state index contributed by atoms with van der Waals surface area (Å²) >= 11 is 12.0. The van der Waals surface area contributed by atoms with E-state index >= 15 is 0 Å². The number of anilines is 3. The highest BCUT2D eigenvalue weighted by atomic mass is 35.5. The summed E-state index contributed by atoms with van der Waals surface area (Å²) in [6, 6.07) is 9.31. The monoisotopic (exact) mass is 400 g/mol. The fourth-order valence-electron chi connectivity index (χ4n) is 2.86. The van der Waals surface area contributed by atoms with E-state index in [9.17, 15) is 10.1 Å². The summed E-state index contributed by atoms with van der Waals surface area (Å²) in [5.74, 6) is 0.381. The minimum atomic E-state index is -0.591. The number of aryl methyl sites for hydroxylation is 1. The largest absolute Gasteiger partial charge is 0.367 e. The average Bonchev–Trinajstić information content (AvgIpc) is 3.43. The first kappa shape index (κ1) is 17.6. The number of hydrogen-bond donors (Lipinski definition) is 2. The molecule has 7 nitrogen and oxygen atoms in total. The van der Waals surface area contributed by atoms with Gasteiger partial charge in [-0.2, -0.15) is 10.2 Å². The van der Waals surface area contributed by atoms with Gasteiger partial charge in [0.05, 0.1) is 23.5 Å². The smallest absolute Gasteiger partial charge is 0.252 e. The van der Waals surface area contributed by atoms with Gasteiger partial charge < -0.3 is 15.2 Å². The molecule has 1 saturated carbocycles. The number of nitrogens with zero attached hydrogens (tertiary/aromatic N) is 4. The van der Waals surface area contributed by atoms with E-state index in [1.807, 2.05) is 18.2 Å². The maximum absolute atomic E-state index is 12.3. The highest BCUT2D eigenvalue weighted by Crippen LogP contribution is 2.40.